The Balaban J connectivity index is 4.18. The summed E-state index contributed by atoms with van der Waals surface area (Å²) in [7, 11) is 0. The maximum Gasteiger partial charge on any atom is 0.306 e. The predicted molar refractivity (Wildman–Crippen MR) is 233 cm³/mol. The van der Waals surface area contributed by atoms with Gasteiger partial charge in [-0.05, 0) is 83.5 Å². The van der Waals surface area contributed by atoms with Gasteiger partial charge in [0.25, 0.3) is 0 Å². The number of allylic oxidation sites excluding steroid dienone is 12. The molecule has 0 saturated carbocycles. The summed E-state index contributed by atoms with van der Waals surface area (Å²) in [5.41, 5.74) is 0. The summed E-state index contributed by atoms with van der Waals surface area (Å²) < 4.78 is 17.1. The number of carbonyl (C=O) groups excluding carboxylic acids is 2. The lowest BCUT2D eigenvalue weighted by molar-refractivity contribution is -0.163. The van der Waals surface area contributed by atoms with Crippen molar-refractivity contribution >= 4 is 11.9 Å². The Hall–Kier alpha value is -2.66. The minimum atomic E-state index is -0.558. The van der Waals surface area contributed by atoms with Gasteiger partial charge in [0.15, 0.2) is 6.10 Å². The van der Waals surface area contributed by atoms with Gasteiger partial charge >= 0.3 is 11.9 Å². The van der Waals surface area contributed by atoms with E-state index in [4.69, 9.17) is 14.2 Å². The van der Waals surface area contributed by atoms with Crippen LogP contribution in [0.5, 0.6) is 0 Å². The van der Waals surface area contributed by atoms with Gasteiger partial charge in [-0.2, -0.15) is 0 Å². The average Bonchev–Trinajstić information content (AvgIpc) is 3.17. The van der Waals surface area contributed by atoms with E-state index in [1.807, 2.05) is 0 Å². The normalized spacial score (nSPS) is 12.9. The number of unbranched alkanes of at least 4 members (excludes halogenated alkanes) is 17. The van der Waals surface area contributed by atoms with E-state index >= 15 is 0 Å². The Morgan fingerprint density at radius 2 is 0.852 bits per heavy atom. The molecule has 0 spiro atoms. The first-order valence-corrected chi connectivity index (χ1v) is 22.5. The minimum Gasteiger partial charge on any atom is -0.462 e. The van der Waals surface area contributed by atoms with Crippen molar-refractivity contribution in [1.29, 1.82) is 0 Å². The molecule has 0 aromatic rings. The SMILES string of the molecule is CC/C=C\C/C=C\C/C=C\C/C=C\C/C=C\CCCC(=O)OCC(COCCCCCCCC/C=C\CCCCCCCC)OC(=O)CCCCCCC. The third kappa shape index (κ3) is 42.1. The molecule has 5 heteroatoms. The van der Waals surface area contributed by atoms with Crippen LogP contribution in [0, 0.1) is 0 Å². The molecule has 0 amide bonds. The molecule has 1 atom stereocenters. The summed E-state index contributed by atoms with van der Waals surface area (Å²) in [5.74, 6) is -0.483. The van der Waals surface area contributed by atoms with Crippen LogP contribution in [0.25, 0.3) is 0 Å². The molecule has 0 aliphatic carbocycles. The highest BCUT2D eigenvalue weighted by Crippen LogP contribution is 2.12. The molecular formula is C49H84O5. The quantitative estimate of drug-likeness (QED) is 0.0354. The summed E-state index contributed by atoms with van der Waals surface area (Å²) >= 11 is 0. The van der Waals surface area contributed by atoms with Gasteiger partial charge in [0.05, 0.1) is 6.61 Å². The van der Waals surface area contributed by atoms with E-state index in [1.54, 1.807) is 0 Å². The van der Waals surface area contributed by atoms with Gasteiger partial charge in [0, 0.05) is 19.4 Å². The summed E-state index contributed by atoms with van der Waals surface area (Å²) in [4.78, 5) is 25.0. The molecule has 0 aromatic heterocycles. The third-order valence-electron chi connectivity index (χ3n) is 9.23. The fraction of sp³-hybridized carbons (Fsp3) is 0.714. The van der Waals surface area contributed by atoms with Crippen molar-refractivity contribution in [3.8, 4) is 0 Å². The van der Waals surface area contributed by atoms with E-state index in [2.05, 4.69) is 93.7 Å². The molecule has 0 N–H and O–H groups in total. The Kier molecular flexibility index (Phi) is 42.5. The lowest BCUT2D eigenvalue weighted by atomic mass is 10.1. The molecule has 5 nitrogen and oxygen atoms in total. The predicted octanol–water partition coefficient (Wildman–Crippen LogP) is 14.8. The number of rotatable bonds is 40. The van der Waals surface area contributed by atoms with Gasteiger partial charge in [-0.15, -0.1) is 0 Å². The van der Waals surface area contributed by atoms with Crippen LogP contribution < -0.4 is 0 Å². The van der Waals surface area contributed by atoms with Gasteiger partial charge in [-0.3, -0.25) is 9.59 Å². The molecule has 0 fully saturated rings. The van der Waals surface area contributed by atoms with Gasteiger partial charge < -0.3 is 14.2 Å². The monoisotopic (exact) mass is 753 g/mol. The second kappa shape index (κ2) is 44.7. The van der Waals surface area contributed by atoms with Crippen molar-refractivity contribution in [3.05, 3.63) is 72.9 Å². The lowest BCUT2D eigenvalue weighted by Gasteiger charge is -2.18. The molecule has 0 radical (unpaired) electrons. The van der Waals surface area contributed by atoms with Crippen molar-refractivity contribution in [3.63, 3.8) is 0 Å². The van der Waals surface area contributed by atoms with Crippen LogP contribution in [0.1, 0.15) is 201 Å². The van der Waals surface area contributed by atoms with E-state index in [1.165, 1.54) is 89.9 Å². The summed E-state index contributed by atoms with van der Waals surface area (Å²) in [5, 5.41) is 0. The van der Waals surface area contributed by atoms with Crippen LogP contribution in [-0.4, -0.2) is 37.9 Å². The highest BCUT2D eigenvalue weighted by Gasteiger charge is 2.17. The molecule has 1 unspecified atom stereocenters. The molecule has 0 aliphatic heterocycles. The molecular weight excluding hydrogens is 669 g/mol. The average molecular weight is 753 g/mol. The minimum absolute atomic E-state index is 0.0511. The molecule has 0 rings (SSSR count). The maximum absolute atomic E-state index is 12.5. The van der Waals surface area contributed by atoms with Crippen molar-refractivity contribution < 1.29 is 23.8 Å². The fourth-order valence-electron chi connectivity index (χ4n) is 5.89. The van der Waals surface area contributed by atoms with E-state index < -0.39 is 6.10 Å². The second-order valence-electron chi connectivity index (χ2n) is 14.6. The lowest BCUT2D eigenvalue weighted by Crippen LogP contribution is -2.30. The van der Waals surface area contributed by atoms with Crippen molar-refractivity contribution in [2.24, 2.45) is 0 Å². The molecule has 0 heterocycles. The topological polar surface area (TPSA) is 61.8 Å². The van der Waals surface area contributed by atoms with Crippen LogP contribution in [0.15, 0.2) is 72.9 Å². The van der Waals surface area contributed by atoms with E-state index in [-0.39, 0.29) is 25.2 Å². The number of carbonyl (C=O) groups is 2. The number of ether oxygens (including phenoxy) is 3. The van der Waals surface area contributed by atoms with Crippen molar-refractivity contribution in [2.45, 2.75) is 207 Å². The second-order valence-corrected chi connectivity index (χ2v) is 14.6. The van der Waals surface area contributed by atoms with Crippen LogP contribution in [0.3, 0.4) is 0 Å². The highest BCUT2D eigenvalue weighted by atomic mass is 16.6. The Labute approximate surface area is 334 Å². The Morgan fingerprint density at radius 3 is 1.41 bits per heavy atom. The summed E-state index contributed by atoms with van der Waals surface area (Å²) in [6.45, 7) is 7.55. The zero-order valence-corrected chi connectivity index (χ0v) is 35.5. The number of hydrogen-bond donors (Lipinski definition) is 0. The van der Waals surface area contributed by atoms with Crippen LogP contribution in [-0.2, 0) is 23.8 Å². The van der Waals surface area contributed by atoms with E-state index in [0.717, 1.165) is 77.0 Å². The third-order valence-corrected chi connectivity index (χ3v) is 9.23. The first-order chi connectivity index (χ1) is 26.6. The summed E-state index contributed by atoms with van der Waals surface area (Å²) in [6.07, 6.45) is 56.5. The standard InChI is InChI=1S/C49H84O5/c1-4-7-10-13-15-17-19-21-23-25-26-28-30-32-34-37-39-42-48(50)53-46-47(54-49(51)43-40-36-12-9-6-3)45-52-44-41-38-35-33-31-29-27-24-22-20-18-16-14-11-8-5-2/h7,10,15,17,21-24,26,28,32,34,47H,4-6,8-9,11-14,16,18-20,25,27,29-31,33,35-46H2,1-3H3/b10-7-,17-15-,23-21-,24-22-,28-26-,34-32-. The van der Waals surface area contributed by atoms with Gasteiger partial charge in [-0.25, -0.2) is 0 Å². The van der Waals surface area contributed by atoms with Crippen molar-refractivity contribution in [1.82, 2.24) is 0 Å². The Bertz CT molecular complexity index is 988. The summed E-state index contributed by atoms with van der Waals surface area (Å²) in [6, 6.07) is 0. The first kappa shape index (κ1) is 51.3. The van der Waals surface area contributed by atoms with Gasteiger partial charge in [0.2, 0.25) is 0 Å². The smallest absolute Gasteiger partial charge is 0.306 e. The van der Waals surface area contributed by atoms with E-state index in [9.17, 15) is 9.59 Å². The molecule has 0 aromatic carbocycles. The molecule has 0 bridgehead atoms. The van der Waals surface area contributed by atoms with E-state index in [0.29, 0.717) is 19.4 Å². The van der Waals surface area contributed by atoms with Crippen LogP contribution in [0.4, 0.5) is 0 Å². The zero-order valence-electron chi connectivity index (χ0n) is 35.5. The maximum atomic E-state index is 12.5. The number of hydrogen-bond acceptors (Lipinski definition) is 5. The van der Waals surface area contributed by atoms with Crippen LogP contribution in [0.2, 0.25) is 0 Å². The Morgan fingerprint density at radius 1 is 0.426 bits per heavy atom. The largest absolute Gasteiger partial charge is 0.462 e. The molecule has 0 saturated heterocycles. The first-order valence-electron chi connectivity index (χ1n) is 22.5. The van der Waals surface area contributed by atoms with Gasteiger partial charge in [-0.1, -0.05) is 177 Å². The fourth-order valence-corrected chi connectivity index (χ4v) is 5.89. The zero-order chi connectivity index (χ0) is 39.3. The van der Waals surface area contributed by atoms with Crippen molar-refractivity contribution in [2.75, 3.05) is 19.8 Å². The highest BCUT2D eigenvalue weighted by molar-refractivity contribution is 5.70. The molecule has 310 valence electrons. The number of esters is 2. The molecule has 54 heavy (non-hydrogen) atoms. The van der Waals surface area contributed by atoms with Crippen LogP contribution >= 0.6 is 0 Å². The molecule has 0 aliphatic rings. The van der Waals surface area contributed by atoms with Gasteiger partial charge in [0.1, 0.15) is 6.61 Å².